The molecule has 1 aromatic carbocycles. The van der Waals surface area contributed by atoms with E-state index in [1.54, 1.807) is 12.1 Å². The van der Waals surface area contributed by atoms with E-state index in [-0.39, 0.29) is 12.4 Å². The predicted octanol–water partition coefficient (Wildman–Crippen LogP) is 3.82. The minimum Gasteiger partial charge on any atom is -0.489 e. The molecule has 0 amide bonds. The molecule has 16 heavy (non-hydrogen) atoms. The average Bonchev–Trinajstić information content (AvgIpc) is 2.28. The van der Waals surface area contributed by atoms with Crippen LogP contribution in [0.15, 0.2) is 48.3 Å². The van der Waals surface area contributed by atoms with Crippen molar-refractivity contribution >= 4 is 0 Å². The SMILES string of the molecule is CC1C=C(OCc2ccccc2F)C=CC1. The van der Waals surface area contributed by atoms with Gasteiger partial charge in [0.25, 0.3) is 0 Å². The number of rotatable bonds is 3. The summed E-state index contributed by atoms with van der Waals surface area (Å²) >= 11 is 0. The molecular weight excluding hydrogens is 203 g/mol. The van der Waals surface area contributed by atoms with Crippen LogP contribution in [-0.2, 0) is 11.3 Å². The van der Waals surface area contributed by atoms with E-state index in [0.29, 0.717) is 11.5 Å². The third-order valence-electron chi connectivity index (χ3n) is 2.59. The lowest BCUT2D eigenvalue weighted by atomic mass is 10.0. The molecule has 1 aliphatic rings. The molecule has 0 saturated carbocycles. The highest BCUT2D eigenvalue weighted by Gasteiger charge is 2.06. The van der Waals surface area contributed by atoms with E-state index in [9.17, 15) is 4.39 Å². The lowest BCUT2D eigenvalue weighted by molar-refractivity contribution is 0.203. The molecule has 0 radical (unpaired) electrons. The van der Waals surface area contributed by atoms with Crippen molar-refractivity contribution < 1.29 is 9.13 Å². The van der Waals surface area contributed by atoms with E-state index in [4.69, 9.17) is 4.74 Å². The van der Waals surface area contributed by atoms with Gasteiger partial charge in [-0.3, -0.25) is 0 Å². The average molecular weight is 218 g/mol. The summed E-state index contributed by atoms with van der Waals surface area (Å²) in [5, 5.41) is 0. The maximum atomic E-state index is 13.3. The molecule has 1 unspecified atom stereocenters. The van der Waals surface area contributed by atoms with Crippen LogP contribution in [-0.4, -0.2) is 0 Å². The van der Waals surface area contributed by atoms with E-state index in [0.717, 1.165) is 12.2 Å². The Morgan fingerprint density at radius 3 is 2.94 bits per heavy atom. The molecule has 1 atom stereocenters. The van der Waals surface area contributed by atoms with Gasteiger partial charge in [0, 0.05) is 5.56 Å². The fraction of sp³-hybridized carbons (Fsp3) is 0.286. The Morgan fingerprint density at radius 1 is 1.38 bits per heavy atom. The van der Waals surface area contributed by atoms with Crippen molar-refractivity contribution in [2.75, 3.05) is 0 Å². The standard InChI is InChI=1S/C14H15FO/c1-11-5-4-7-13(9-11)16-10-12-6-2-3-8-14(12)15/h2-4,6-9,11H,5,10H2,1H3. The third kappa shape index (κ3) is 2.72. The summed E-state index contributed by atoms with van der Waals surface area (Å²) in [7, 11) is 0. The number of hydrogen-bond donors (Lipinski definition) is 0. The van der Waals surface area contributed by atoms with Crippen LogP contribution in [0.1, 0.15) is 18.9 Å². The Kier molecular flexibility index (Phi) is 3.40. The molecule has 1 aliphatic carbocycles. The number of benzene rings is 1. The fourth-order valence-corrected chi connectivity index (χ4v) is 1.68. The summed E-state index contributed by atoms with van der Waals surface area (Å²) in [6, 6.07) is 6.69. The lowest BCUT2D eigenvalue weighted by Crippen LogP contribution is -2.00. The van der Waals surface area contributed by atoms with Crippen LogP contribution in [0.5, 0.6) is 0 Å². The van der Waals surface area contributed by atoms with Gasteiger partial charge >= 0.3 is 0 Å². The number of allylic oxidation sites excluding steroid dienone is 3. The number of hydrogen-bond acceptors (Lipinski definition) is 1. The van der Waals surface area contributed by atoms with Crippen LogP contribution in [0.25, 0.3) is 0 Å². The van der Waals surface area contributed by atoms with E-state index in [1.165, 1.54) is 6.07 Å². The highest BCUT2D eigenvalue weighted by molar-refractivity contribution is 5.20. The van der Waals surface area contributed by atoms with Crippen molar-refractivity contribution in [3.63, 3.8) is 0 Å². The Hall–Kier alpha value is -1.57. The molecule has 1 aromatic rings. The van der Waals surface area contributed by atoms with Gasteiger partial charge in [0.2, 0.25) is 0 Å². The van der Waals surface area contributed by atoms with Crippen LogP contribution < -0.4 is 0 Å². The molecule has 0 aliphatic heterocycles. The van der Waals surface area contributed by atoms with Gasteiger partial charge < -0.3 is 4.74 Å². The molecule has 0 spiro atoms. The summed E-state index contributed by atoms with van der Waals surface area (Å²) in [5.41, 5.74) is 0.593. The van der Waals surface area contributed by atoms with Gasteiger partial charge in [-0.15, -0.1) is 0 Å². The minimum atomic E-state index is -0.212. The molecule has 0 N–H and O–H groups in total. The second kappa shape index (κ2) is 4.97. The van der Waals surface area contributed by atoms with Crippen molar-refractivity contribution in [1.29, 1.82) is 0 Å². The summed E-state index contributed by atoms with van der Waals surface area (Å²) < 4.78 is 18.9. The maximum absolute atomic E-state index is 13.3. The van der Waals surface area contributed by atoms with Crippen molar-refractivity contribution in [3.05, 3.63) is 59.6 Å². The minimum absolute atomic E-state index is 0.212. The van der Waals surface area contributed by atoms with E-state index >= 15 is 0 Å². The zero-order valence-electron chi connectivity index (χ0n) is 9.32. The van der Waals surface area contributed by atoms with Crippen molar-refractivity contribution in [2.45, 2.75) is 20.0 Å². The number of ether oxygens (including phenoxy) is 1. The van der Waals surface area contributed by atoms with Crippen molar-refractivity contribution in [2.24, 2.45) is 5.92 Å². The predicted molar refractivity (Wildman–Crippen MR) is 62.2 cm³/mol. The van der Waals surface area contributed by atoms with Gasteiger partial charge in [-0.05, 0) is 30.6 Å². The molecule has 2 rings (SSSR count). The third-order valence-corrected chi connectivity index (χ3v) is 2.59. The van der Waals surface area contributed by atoms with Gasteiger partial charge in [-0.2, -0.15) is 0 Å². The molecule has 0 bridgehead atoms. The second-order valence-corrected chi connectivity index (χ2v) is 4.06. The Labute approximate surface area is 95.2 Å². The van der Waals surface area contributed by atoms with Gasteiger partial charge in [0.1, 0.15) is 18.2 Å². The topological polar surface area (TPSA) is 9.23 Å². The van der Waals surface area contributed by atoms with Gasteiger partial charge in [-0.25, -0.2) is 4.39 Å². The highest BCUT2D eigenvalue weighted by atomic mass is 19.1. The molecule has 2 heteroatoms. The van der Waals surface area contributed by atoms with E-state index < -0.39 is 0 Å². The molecular formula is C14H15FO. The maximum Gasteiger partial charge on any atom is 0.129 e. The largest absolute Gasteiger partial charge is 0.489 e. The normalized spacial score (nSPS) is 19.4. The first-order chi connectivity index (χ1) is 7.75. The monoisotopic (exact) mass is 218 g/mol. The van der Waals surface area contributed by atoms with Crippen LogP contribution in [0.3, 0.4) is 0 Å². The summed E-state index contributed by atoms with van der Waals surface area (Å²) in [4.78, 5) is 0. The quantitative estimate of drug-likeness (QED) is 0.749. The van der Waals surface area contributed by atoms with Crippen LogP contribution in [0.2, 0.25) is 0 Å². The van der Waals surface area contributed by atoms with Crippen molar-refractivity contribution in [3.8, 4) is 0 Å². The first-order valence-corrected chi connectivity index (χ1v) is 5.50. The smallest absolute Gasteiger partial charge is 0.129 e. The Bertz CT molecular complexity index is 420. The lowest BCUT2D eigenvalue weighted by Gasteiger charge is -2.13. The first kappa shape index (κ1) is 10.9. The fourth-order valence-electron chi connectivity index (χ4n) is 1.68. The number of halogens is 1. The molecule has 84 valence electrons. The van der Waals surface area contributed by atoms with E-state index in [2.05, 4.69) is 19.1 Å². The summed E-state index contributed by atoms with van der Waals surface area (Å²) in [6.07, 6.45) is 7.15. The van der Waals surface area contributed by atoms with E-state index in [1.807, 2.05) is 12.1 Å². The zero-order valence-corrected chi connectivity index (χ0v) is 9.32. The highest BCUT2D eigenvalue weighted by Crippen LogP contribution is 2.18. The Balaban J connectivity index is 1.98. The molecule has 0 aromatic heterocycles. The summed E-state index contributed by atoms with van der Waals surface area (Å²) in [5.74, 6) is 1.12. The van der Waals surface area contributed by atoms with Crippen LogP contribution in [0, 0.1) is 11.7 Å². The van der Waals surface area contributed by atoms with Gasteiger partial charge in [0.05, 0.1) is 0 Å². The van der Waals surface area contributed by atoms with Gasteiger partial charge in [0.15, 0.2) is 0 Å². The molecule has 1 nitrogen and oxygen atoms in total. The zero-order chi connectivity index (χ0) is 11.4. The van der Waals surface area contributed by atoms with Crippen LogP contribution in [0.4, 0.5) is 4.39 Å². The second-order valence-electron chi connectivity index (χ2n) is 4.06. The van der Waals surface area contributed by atoms with Gasteiger partial charge in [-0.1, -0.05) is 31.2 Å². The van der Waals surface area contributed by atoms with Crippen LogP contribution >= 0.6 is 0 Å². The molecule has 0 heterocycles. The molecule has 0 saturated heterocycles. The van der Waals surface area contributed by atoms with Crippen molar-refractivity contribution in [1.82, 2.24) is 0 Å². The molecule has 0 fully saturated rings. The first-order valence-electron chi connectivity index (χ1n) is 5.50. The summed E-state index contributed by atoms with van der Waals surface area (Å²) in [6.45, 7) is 2.42. The Morgan fingerprint density at radius 2 is 2.19 bits per heavy atom.